The number of hydrogen-bond acceptors (Lipinski definition) is 8. The van der Waals surface area contributed by atoms with Gasteiger partial charge in [-0.1, -0.05) is 42.8 Å². The number of aromatic nitrogens is 3. The van der Waals surface area contributed by atoms with Crippen molar-refractivity contribution in [2.45, 2.75) is 39.8 Å². The molecule has 3 aromatic carbocycles. The van der Waals surface area contributed by atoms with Crippen molar-refractivity contribution in [3.05, 3.63) is 87.5 Å². The van der Waals surface area contributed by atoms with Gasteiger partial charge in [-0.2, -0.15) is 5.26 Å². The van der Waals surface area contributed by atoms with Crippen LogP contribution < -0.4 is 5.32 Å². The van der Waals surface area contributed by atoms with Gasteiger partial charge in [-0.25, -0.2) is 9.97 Å². The predicted molar refractivity (Wildman–Crippen MR) is 186 cm³/mol. The monoisotopic (exact) mass is 677 g/mol. The van der Waals surface area contributed by atoms with E-state index in [1.165, 1.54) is 0 Å². The van der Waals surface area contributed by atoms with Crippen molar-refractivity contribution in [2.75, 3.05) is 31.5 Å². The zero-order chi connectivity index (χ0) is 34.4. The van der Waals surface area contributed by atoms with Gasteiger partial charge in [-0.15, -0.1) is 0 Å². The van der Waals surface area contributed by atoms with Gasteiger partial charge in [-0.3, -0.25) is 19.4 Å². The summed E-state index contributed by atoms with van der Waals surface area (Å²) in [6.45, 7) is 8.37. The van der Waals surface area contributed by atoms with E-state index in [2.05, 4.69) is 33.1 Å². The minimum Gasteiger partial charge on any atom is -0.481 e. The zero-order valence-electron chi connectivity index (χ0n) is 27.6. The fraction of sp³-hybridized carbons (Fsp3) is 0.324. The van der Waals surface area contributed by atoms with E-state index in [0.717, 1.165) is 65.3 Å². The van der Waals surface area contributed by atoms with E-state index in [9.17, 15) is 20.0 Å². The minimum absolute atomic E-state index is 0.324. The molecule has 12 heteroatoms. The number of aliphatic carboxylic acids is 1. The first kappa shape index (κ1) is 32.5. The van der Waals surface area contributed by atoms with Crippen LogP contribution in [-0.4, -0.2) is 67.5 Å². The number of nitrogens with one attached hydrogen (secondary N) is 1. The standard InChI is InChI=1S/C37H36ClN7O4/c1-4-44-14-12-31-30(20-44)40-34(43(31)3)35(46)41-28-10-6-9-27(32(28)38)25-7-5-8-26(21(25)2)36-42-29-16-22(15-24(17-39)33(29)49-36)18-45-13-11-23(19-45)37(47)48/h5-10,15-16,23H,4,11-14,18-20H2,1-3H3,(H,41,46)(H,47,48)/t23-/m0/s1. The van der Waals surface area contributed by atoms with Gasteiger partial charge in [0.2, 0.25) is 5.89 Å². The smallest absolute Gasteiger partial charge is 0.307 e. The number of likely N-dealkylation sites (N-methyl/N-ethyl adjacent to an activating group) is 1. The van der Waals surface area contributed by atoms with Crippen molar-refractivity contribution in [1.82, 2.24) is 24.3 Å². The third-order valence-corrected chi connectivity index (χ3v) is 10.2. The highest BCUT2D eigenvalue weighted by atomic mass is 35.5. The second kappa shape index (κ2) is 13.1. The number of carbonyl (C=O) groups is 2. The summed E-state index contributed by atoms with van der Waals surface area (Å²) in [5.74, 6) is -0.760. The molecule has 1 saturated heterocycles. The summed E-state index contributed by atoms with van der Waals surface area (Å²) in [7, 11) is 1.88. The van der Waals surface area contributed by atoms with Crippen molar-refractivity contribution in [3.63, 3.8) is 0 Å². The van der Waals surface area contributed by atoms with Crippen molar-refractivity contribution < 1.29 is 19.1 Å². The normalized spacial score (nSPS) is 16.5. The van der Waals surface area contributed by atoms with Gasteiger partial charge in [0, 0.05) is 56.5 Å². The zero-order valence-corrected chi connectivity index (χ0v) is 28.3. The summed E-state index contributed by atoms with van der Waals surface area (Å²) < 4.78 is 8.09. The Morgan fingerprint density at radius 2 is 1.88 bits per heavy atom. The molecular weight excluding hydrogens is 642 g/mol. The lowest BCUT2D eigenvalue weighted by Crippen LogP contribution is -2.30. The third kappa shape index (κ3) is 6.08. The Morgan fingerprint density at radius 3 is 2.63 bits per heavy atom. The molecule has 2 aliphatic rings. The second-order valence-corrected chi connectivity index (χ2v) is 13.2. The van der Waals surface area contributed by atoms with Crippen molar-refractivity contribution in [3.8, 4) is 28.7 Å². The molecule has 0 aliphatic carbocycles. The maximum atomic E-state index is 13.5. The number of carboxylic acids is 1. The lowest BCUT2D eigenvalue weighted by Gasteiger charge is -2.24. The summed E-state index contributed by atoms with van der Waals surface area (Å²) in [5, 5.41) is 22.7. The van der Waals surface area contributed by atoms with Crippen molar-refractivity contribution in [1.29, 1.82) is 5.26 Å². The van der Waals surface area contributed by atoms with Gasteiger partial charge in [0.15, 0.2) is 11.4 Å². The summed E-state index contributed by atoms with van der Waals surface area (Å²) >= 11 is 6.98. The number of nitrogens with zero attached hydrogens (tertiary/aromatic N) is 6. The van der Waals surface area contributed by atoms with Gasteiger partial charge in [0.1, 0.15) is 11.6 Å². The summed E-state index contributed by atoms with van der Waals surface area (Å²) in [6, 6.07) is 17.2. The van der Waals surface area contributed by atoms with Crippen molar-refractivity contribution in [2.24, 2.45) is 13.0 Å². The predicted octanol–water partition coefficient (Wildman–Crippen LogP) is 6.27. The van der Waals surface area contributed by atoms with Crippen LogP contribution >= 0.6 is 11.6 Å². The number of amides is 1. The van der Waals surface area contributed by atoms with Crippen LogP contribution in [0, 0.1) is 24.2 Å². The number of benzene rings is 3. The van der Waals surface area contributed by atoms with Crippen LogP contribution in [0.25, 0.3) is 33.7 Å². The average molecular weight is 678 g/mol. The van der Waals surface area contributed by atoms with E-state index < -0.39 is 5.97 Å². The van der Waals surface area contributed by atoms with Crippen LogP contribution in [0.2, 0.25) is 5.02 Å². The Balaban J connectivity index is 1.16. The number of nitriles is 1. The molecular formula is C37H36ClN7O4. The second-order valence-electron chi connectivity index (χ2n) is 12.8. The fourth-order valence-corrected chi connectivity index (χ4v) is 7.32. The molecule has 0 saturated carbocycles. The van der Waals surface area contributed by atoms with Crippen LogP contribution in [0.5, 0.6) is 0 Å². The minimum atomic E-state index is -0.779. The molecule has 11 nitrogen and oxygen atoms in total. The Morgan fingerprint density at radius 1 is 1.10 bits per heavy atom. The van der Waals surface area contributed by atoms with Gasteiger partial charge < -0.3 is 19.4 Å². The molecule has 5 aromatic rings. The average Bonchev–Trinajstić information content (AvgIpc) is 3.83. The largest absolute Gasteiger partial charge is 0.481 e. The van der Waals surface area contributed by atoms with Crippen LogP contribution in [0.3, 0.4) is 0 Å². The molecule has 250 valence electrons. The Hall–Kier alpha value is -5.02. The molecule has 2 aliphatic heterocycles. The third-order valence-electron chi connectivity index (χ3n) is 9.78. The number of anilines is 1. The molecule has 2 N–H and O–H groups in total. The first-order valence-corrected chi connectivity index (χ1v) is 16.8. The summed E-state index contributed by atoms with van der Waals surface area (Å²) in [4.78, 5) is 38.8. The van der Waals surface area contributed by atoms with E-state index in [4.69, 9.17) is 21.0 Å². The first-order valence-electron chi connectivity index (χ1n) is 16.4. The van der Waals surface area contributed by atoms with Crippen LogP contribution in [0.15, 0.2) is 52.9 Å². The molecule has 0 radical (unpaired) electrons. The molecule has 1 fully saturated rings. The number of imidazole rings is 1. The number of carbonyl (C=O) groups excluding carboxylic acids is 1. The molecule has 7 rings (SSSR count). The quantitative estimate of drug-likeness (QED) is 0.195. The highest BCUT2D eigenvalue weighted by Crippen LogP contribution is 2.39. The number of oxazole rings is 1. The Labute approximate surface area is 288 Å². The van der Waals surface area contributed by atoms with E-state index in [-0.39, 0.29) is 11.8 Å². The number of carboxylic acid groups (broad SMARTS) is 1. The molecule has 1 amide bonds. The Bertz CT molecular complexity index is 2160. The van der Waals surface area contributed by atoms with Gasteiger partial charge in [0.05, 0.1) is 27.9 Å². The number of rotatable bonds is 8. The molecule has 4 heterocycles. The van der Waals surface area contributed by atoms with Gasteiger partial charge >= 0.3 is 5.97 Å². The highest BCUT2D eigenvalue weighted by molar-refractivity contribution is 6.36. The maximum absolute atomic E-state index is 13.5. The number of halogens is 1. The molecule has 0 bridgehead atoms. The SMILES string of the molecule is CCN1CCc2c(nc(C(=O)Nc3cccc(-c4cccc(-c5nc6cc(CN7CC[C@H](C(=O)O)C7)cc(C#N)c6o5)c4C)c3Cl)n2C)C1. The molecule has 0 spiro atoms. The molecule has 1 atom stereocenters. The van der Waals surface area contributed by atoms with E-state index in [0.29, 0.717) is 65.1 Å². The number of hydrogen-bond donors (Lipinski definition) is 2. The van der Waals surface area contributed by atoms with Gasteiger partial charge in [-0.05, 0) is 67.4 Å². The summed E-state index contributed by atoms with van der Waals surface area (Å²) in [5.41, 5.74) is 7.89. The molecule has 2 aromatic heterocycles. The fourth-order valence-electron chi connectivity index (χ4n) is 7.05. The Kier molecular flexibility index (Phi) is 8.71. The van der Waals surface area contributed by atoms with Crippen LogP contribution in [0.1, 0.15) is 52.0 Å². The van der Waals surface area contributed by atoms with Gasteiger partial charge in [0.25, 0.3) is 5.91 Å². The van der Waals surface area contributed by atoms with E-state index in [1.807, 2.05) is 54.9 Å². The molecule has 0 unspecified atom stereocenters. The van der Waals surface area contributed by atoms with Crippen molar-refractivity contribution >= 4 is 40.3 Å². The van der Waals surface area contributed by atoms with Crippen LogP contribution in [-0.2, 0) is 31.4 Å². The number of likely N-dealkylation sites (tertiary alicyclic amines) is 1. The molecule has 49 heavy (non-hydrogen) atoms. The topological polar surface area (TPSA) is 141 Å². The van der Waals surface area contributed by atoms with E-state index in [1.54, 1.807) is 12.1 Å². The maximum Gasteiger partial charge on any atom is 0.307 e. The van der Waals surface area contributed by atoms with E-state index >= 15 is 0 Å². The lowest BCUT2D eigenvalue weighted by molar-refractivity contribution is -0.141. The number of fused-ring (bicyclic) bond motifs is 2. The first-order chi connectivity index (χ1) is 23.6. The highest BCUT2D eigenvalue weighted by Gasteiger charge is 2.29. The summed E-state index contributed by atoms with van der Waals surface area (Å²) in [6.07, 6.45) is 1.45. The van der Waals surface area contributed by atoms with Crippen LogP contribution in [0.4, 0.5) is 5.69 Å². The lowest BCUT2D eigenvalue weighted by atomic mass is 9.96.